The topological polar surface area (TPSA) is 97.3 Å². The Labute approximate surface area is 209 Å². The van der Waals surface area contributed by atoms with Gasteiger partial charge in [-0.05, 0) is 45.2 Å². The minimum absolute atomic E-state index is 0.142. The lowest BCUT2D eigenvalue weighted by Gasteiger charge is -2.33. The molecule has 8 nitrogen and oxygen atoms in total. The number of amides is 1. The third kappa shape index (κ3) is 5.65. The van der Waals surface area contributed by atoms with E-state index in [1.807, 2.05) is 77.1 Å². The van der Waals surface area contributed by atoms with Gasteiger partial charge >= 0.3 is 11.8 Å². The highest BCUT2D eigenvalue weighted by Gasteiger charge is 2.30. The number of ether oxygens (including phenoxy) is 1. The van der Waals surface area contributed by atoms with Crippen molar-refractivity contribution in [2.75, 3.05) is 13.1 Å². The van der Waals surface area contributed by atoms with E-state index in [0.29, 0.717) is 36.1 Å². The van der Waals surface area contributed by atoms with Crippen molar-refractivity contribution in [1.29, 1.82) is 5.26 Å². The van der Waals surface area contributed by atoms with Gasteiger partial charge in [-0.1, -0.05) is 44.2 Å². The Morgan fingerprint density at radius 1 is 1.14 bits per heavy atom. The van der Waals surface area contributed by atoms with Crippen molar-refractivity contribution in [3.8, 4) is 16.5 Å². The number of carbonyl (C=O) groups is 1. The van der Waals surface area contributed by atoms with Crippen LogP contribution in [0.1, 0.15) is 53.5 Å². The minimum Gasteiger partial charge on any atom is -0.444 e. The molecule has 1 fully saturated rings. The van der Waals surface area contributed by atoms with Crippen LogP contribution in [0, 0.1) is 11.3 Å². The first-order valence-electron chi connectivity index (χ1n) is 11.9. The van der Waals surface area contributed by atoms with Gasteiger partial charge in [-0.2, -0.15) is 5.26 Å². The second-order valence-electron chi connectivity index (χ2n) is 9.09. The van der Waals surface area contributed by atoms with E-state index in [0.717, 1.165) is 10.4 Å². The number of benzene rings is 1. The molecule has 0 bridgehead atoms. The molecule has 2 aromatic heterocycles. The van der Waals surface area contributed by atoms with Gasteiger partial charge in [-0.15, -0.1) is 11.3 Å². The lowest BCUT2D eigenvalue weighted by Crippen LogP contribution is -2.47. The summed E-state index contributed by atoms with van der Waals surface area (Å²) in [7, 11) is 0. The molecule has 0 unspecified atom stereocenters. The molecule has 4 rings (SSSR count). The maximum Gasteiger partial charge on any atom is 0.410 e. The summed E-state index contributed by atoms with van der Waals surface area (Å²) in [5.74, 6) is 0. The van der Waals surface area contributed by atoms with Gasteiger partial charge in [0.05, 0.1) is 11.6 Å². The Balaban J connectivity index is 0.00000167. The molecule has 186 valence electrons. The third-order valence-electron chi connectivity index (χ3n) is 5.62. The average Bonchev–Trinajstić information content (AvgIpc) is 3.29. The fourth-order valence-electron chi connectivity index (χ4n) is 4.09. The fourth-order valence-corrected chi connectivity index (χ4v) is 5.19. The number of nitriles is 1. The molecule has 35 heavy (non-hydrogen) atoms. The fraction of sp³-hybridized carbons (Fsp3) is 0.462. The molecule has 0 aliphatic carbocycles. The molecule has 3 heterocycles. The van der Waals surface area contributed by atoms with Crippen LogP contribution in [0.15, 0.2) is 46.0 Å². The third-order valence-corrected chi connectivity index (χ3v) is 6.78. The largest absolute Gasteiger partial charge is 0.444 e. The van der Waals surface area contributed by atoms with Crippen LogP contribution in [0.3, 0.4) is 0 Å². The monoisotopic (exact) mass is 496 g/mol. The number of aromatic nitrogens is 2. The number of carbonyl (C=O) groups excluding carboxylic acids is 1. The molecule has 1 amide bonds. The predicted octanol–water partition coefficient (Wildman–Crippen LogP) is 5.01. The van der Waals surface area contributed by atoms with Crippen LogP contribution in [-0.4, -0.2) is 38.8 Å². The number of hydrogen-bond donors (Lipinski definition) is 0. The van der Waals surface area contributed by atoms with Gasteiger partial charge in [0.15, 0.2) is 0 Å². The van der Waals surface area contributed by atoms with Crippen LogP contribution in [0.25, 0.3) is 20.7 Å². The van der Waals surface area contributed by atoms with Gasteiger partial charge in [-0.25, -0.2) is 9.59 Å². The van der Waals surface area contributed by atoms with Crippen LogP contribution in [0.4, 0.5) is 4.79 Å². The summed E-state index contributed by atoms with van der Waals surface area (Å²) in [4.78, 5) is 41.6. The highest BCUT2D eigenvalue weighted by Crippen LogP contribution is 2.32. The Kier molecular flexibility index (Phi) is 8.18. The lowest BCUT2D eigenvalue weighted by atomic mass is 10.1. The molecule has 0 saturated carbocycles. The Morgan fingerprint density at radius 2 is 1.77 bits per heavy atom. The number of thiophene rings is 1. The minimum atomic E-state index is -0.587. The average molecular weight is 497 g/mol. The van der Waals surface area contributed by atoms with Crippen molar-refractivity contribution >= 4 is 27.6 Å². The first kappa shape index (κ1) is 26.2. The second-order valence-corrected chi connectivity index (χ2v) is 10.1. The zero-order chi connectivity index (χ0) is 25.8. The molecule has 0 N–H and O–H groups in total. The van der Waals surface area contributed by atoms with Crippen molar-refractivity contribution in [3.63, 3.8) is 0 Å². The maximum atomic E-state index is 13.4. The number of fused-ring (bicyclic) bond motifs is 1. The van der Waals surface area contributed by atoms with Gasteiger partial charge in [-0.3, -0.25) is 13.9 Å². The van der Waals surface area contributed by atoms with Crippen molar-refractivity contribution in [1.82, 2.24) is 14.0 Å². The number of hydrogen-bond acceptors (Lipinski definition) is 6. The lowest BCUT2D eigenvalue weighted by molar-refractivity contribution is 0.0186. The maximum absolute atomic E-state index is 13.4. The zero-order valence-electron chi connectivity index (χ0n) is 20.9. The van der Waals surface area contributed by atoms with E-state index in [1.165, 1.54) is 20.5 Å². The first-order valence-corrected chi connectivity index (χ1v) is 12.7. The van der Waals surface area contributed by atoms with E-state index >= 15 is 0 Å². The summed E-state index contributed by atoms with van der Waals surface area (Å²) in [6.45, 7) is 10.1. The number of nitrogens with zero attached hydrogens (tertiary/aromatic N) is 4. The van der Waals surface area contributed by atoms with E-state index in [9.17, 15) is 19.6 Å². The van der Waals surface area contributed by atoms with Crippen LogP contribution < -0.4 is 11.2 Å². The normalized spacial score (nSPS) is 14.2. The molecule has 0 atom stereocenters. The first-order chi connectivity index (χ1) is 16.7. The molecule has 1 aliphatic rings. The van der Waals surface area contributed by atoms with Crippen molar-refractivity contribution < 1.29 is 9.53 Å². The van der Waals surface area contributed by atoms with E-state index in [-0.39, 0.29) is 18.1 Å². The number of rotatable bonds is 3. The Bertz CT molecular complexity index is 1330. The number of piperidine rings is 1. The molecule has 1 aromatic carbocycles. The second kappa shape index (κ2) is 10.9. The zero-order valence-corrected chi connectivity index (χ0v) is 21.7. The highest BCUT2D eigenvalue weighted by molar-refractivity contribution is 7.22. The number of likely N-dealkylation sites (tertiary alicyclic amines) is 1. The van der Waals surface area contributed by atoms with Crippen molar-refractivity contribution in [3.05, 3.63) is 57.2 Å². The SMILES string of the molecule is CC.CC(C)(C)OC(=O)N1CCC(n2c(=O)c3sc(-c4ccccc4)cc3n(CC#N)c2=O)CC1. The van der Waals surface area contributed by atoms with Crippen LogP contribution in [0.5, 0.6) is 0 Å². The highest BCUT2D eigenvalue weighted by atomic mass is 32.1. The van der Waals surface area contributed by atoms with Crippen LogP contribution in [-0.2, 0) is 11.3 Å². The van der Waals surface area contributed by atoms with E-state index < -0.39 is 17.4 Å². The summed E-state index contributed by atoms with van der Waals surface area (Å²) in [5, 5.41) is 9.33. The van der Waals surface area contributed by atoms with Crippen molar-refractivity contribution in [2.45, 2.75) is 65.6 Å². The van der Waals surface area contributed by atoms with Gasteiger partial charge < -0.3 is 9.64 Å². The summed E-state index contributed by atoms with van der Waals surface area (Å²) in [6, 6.07) is 13.1. The molecule has 9 heteroatoms. The smallest absolute Gasteiger partial charge is 0.410 e. The predicted molar refractivity (Wildman–Crippen MR) is 139 cm³/mol. The van der Waals surface area contributed by atoms with Crippen LogP contribution in [0.2, 0.25) is 0 Å². The molecular formula is C26H32N4O4S. The van der Waals surface area contributed by atoms with Gasteiger partial charge in [0.25, 0.3) is 5.56 Å². The standard InChI is InChI=1S/C24H26N4O4S.C2H6/c1-24(2,3)32-23(31)26-12-9-17(10-13-26)28-21(29)20-18(27(14-11-25)22(28)30)15-19(33-20)16-7-5-4-6-8-16;1-2/h4-8,15,17H,9-10,12-14H2,1-3H3;1-2H3. The van der Waals surface area contributed by atoms with Gasteiger partial charge in [0.1, 0.15) is 16.8 Å². The molecular weight excluding hydrogens is 464 g/mol. The molecule has 1 aliphatic heterocycles. The summed E-state index contributed by atoms with van der Waals surface area (Å²) in [5.41, 5.74) is 0.0229. The van der Waals surface area contributed by atoms with Gasteiger partial charge in [0, 0.05) is 24.0 Å². The molecule has 0 radical (unpaired) electrons. The molecule has 0 spiro atoms. The Hall–Kier alpha value is -3.38. The summed E-state index contributed by atoms with van der Waals surface area (Å²) in [6.07, 6.45) is 0.531. The van der Waals surface area contributed by atoms with Gasteiger partial charge in [0.2, 0.25) is 0 Å². The summed E-state index contributed by atoms with van der Waals surface area (Å²) >= 11 is 1.33. The van der Waals surface area contributed by atoms with E-state index in [1.54, 1.807) is 4.90 Å². The molecule has 1 saturated heterocycles. The Morgan fingerprint density at radius 3 is 2.34 bits per heavy atom. The van der Waals surface area contributed by atoms with E-state index in [4.69, 9.17) is 4.74 Å². The summed E-state index contributed by atoms with van der Waals surface area (Å²) < 4.78 is 8.54. The van der Waals surface area contributed by atoms with Crippen molar-refractivity contribution in [2.24, 2.45) is 0 Å². The molecule has 3 aromatic rings. The van der Waals surface area contributed by atoms with E-state index in [2.05, 4.69) is 0 Å². The van der Waals surface area contributed by atoms with Crippen LogP contribution >= 0.6 is 11.3 Å². The quantitative estimate of drug-likeness (QED) is 0.508.